The van der Waals surface area contributed by atoms with E-state index in [4.69, 9.17) is 26.8 Å². The highest BCUT2D eigenvalue weighted by molar-refractivity contribution is 7.16. The number of hydrogen-bond donors (Lipinski definition) is 1. The van der Waals surface area contributed by atoms with Crippen LogP contribution in [0.3, 0.4) is 0 Å². The Morgan fingerprint density at radius 2 is 2.17 bits per heavy atom. The maximum Gasteiger partial charge on any atom is 0.294 e. The molecule has 150 valence electrons. The van der Waals surface area contributed by atoms with E-state index >= 15 is 0 Å². The smallest absolute Gasteiger partial charge is 0.294 e. The fraction of sp³-hybridized carbons (Fsp3) is 0.158. The van der Waals surface area contributed by atoms with Gasteiger partial charge in [0.2, 0.25) is 0 Å². The van der Waals surface area contributed by atoms with Crippen LogP contribution in [0.25, 0.3) is 21.8 Å². The molecule has 0 fully saturated rings. The van der Waals surface area contributed by atoms with Crippen molar-refractivity contribution in [1.29, 1.82) is 0 Å². The van der Waals surface area contributed by atoms with E-state index in [2.05, 4.69) is 21.8 Å². The Bertz CT molecular complexity index is 1100. The molecule has 0 atom stereocenters. The number of carbonyl (C=O) groups is 1. The van der Waals surface area contributed by atoms with Crippen molar-refractivity contribution in [1.82, 2.24) is 15.2 Å². The Labute approximate surface area is 175 Å². The summed E-state index contributed by atoms with van der Waals surface area (Å²) in [4.78, 5) is 16.8. The normalized spacial score (nSPS) is 10.6. The number of pyridine rings is 1. The van der Waals surface area contributed by atoms with E-state index in [1.165, 1.54) is 25.3 Å². The number of amides is 1. The maximum atomic E-state index is 14.9. The second-order valence-electron chi connectivity index (χ2n) is 5.81. The molecule has 7 nitrogen and oxygen atoms in total. The summed E-state index contributed by atoms with van der Waals surface area (Å²) >= 11 is 7.04. The Morgan fingerprint density at radius 3 is 2.83 bits per heavy atom. The average molecular weight is 435 g/mol. The number of carbonyl (C=O) groups excluding carboxylic acids is 1. The van der Waals surface area contributed by atoms with Crippen LogP contribution in [0, 0.1) is 12.7 Å². The third-order valence-electron chi connectivity index (χ3n) is 3.87. The molecular formula is C19H16ClFN4O3S. The number of nitrogens with two attached hydrogens (primary N) is 1. The van der Waals surface area contributed by atoms with Gasteiger partial charge >= 0.3 is 0 Å². The third kappa shape index (κ3) is 4.06. The Hall–Kier alpha value is -3.04. The van der Waals surface area contributed by atoms with Crippen molar-refractivity contribution < 1.29 is 18.7 Å². The van der Waals surface area contributed by atoms with Gasteiger partial charge in [0.05, 0.1) is 23.3 Å². The van der Waals surface area contributed by atoms with Crippen molar-refractivity contribution in [2.45, 2.75) is 6.92 Å². The molecule has 1 amide bonds. The van der Waals surface area contributed by atoms with Gasteiger partial charge in [0.1, 0.15) is 18.1 Å². The fourth-order valence-electron chi connectivity index (χ4n) is 2.72. The van der Waals surface area contributed by atoms with Crippen molar-refractivity contribution in [2.24, 2.45) is 5.73 Å². The fourth-order valence-corrected chi connectivity index (χ4v) is 3.58. The van der Waals surface area contributed by atoms with Gasteiger partial charge in [0.25, 0.3) is 11.1 Å². The first kappa shape index (κ1) is 20.7. The number of hydrogen-bond acceptors (Lipinski definition) is 7. The van der Waals surface area contributed by atoms with Gasteiger partial charge in [-0.1, -0.05) is 40.7 Å². The summed E-state index contributed by atoms with van der Waals surface area (Å²) < 4.78 is 25.6. The van der Waals surface area contributed by atoms with E-state index in [1.807, 2.05) is 0 Å². The van der Waals surface area contributed by atoms with Gasteiger partial charge in [0.15, 0.2) is 10.8 Å². The first-order valence-electron chi connectivity index (χ1n) is 8.28. The van der Waals surface area contributed by atoms with E-state index in [-0.39, 0.29) is 45.0 Å². The van der Waals surface area contributed by atoms with Crippen molar-refractivity contribution >= 4 is 28.8 Å². The zero-order chi connectivity index (χ0) is 21.1. The van der Waals surface area contributed by atoms with Crippen molar-refractivity contribution in [3.8, 4) is 32.8 Å². The summed E-state index contributed by atoms with van der Waals surface area (Å²) in [5.41, 5.74) is 6.49. The molecule has 0 saturated heterocycles. The molecule has 0 aliphatic carbocycles. The molecule has 29 heavy (non-hydrogen) atoms. The average Bonchev–Trinajstić information content (AvgIpc) is 3.16. The minimum absolute atomic E-state index is 0.00759. The van der Waals surface area contributed by atoms with Gasteiger partial charge in [-0.15, -0.1) is 5.10 Å². The Balaban J connectivity index is 2.29. The van der Waals surface area contributed by atoms with Crippen LogP contribution >= 0.6 is 22.9 Å². The molecule has 10 heteroatoms. The largest absolute Gasteiger partial charge is 0.496 e. The van der Waals surface area contributed by atoms with Gasteiger partial charge in [-0.25, -0.2) is 9.37 Å². The summed E-state index contributed by atoms with van der Waals surface area (Å²) in [5.74, 6) is -1.36. The lowest BCUT2D eigenvalue weighted by Crippen LogP contribution is -2.16. The lowest BCUT2D eigenvalue weighted by Gasteiger charge is -2.16. The van der Waals surface area contributed by atoms with E-state index in [1.54, 1.807) is 13.0 Å². The van der Waals surface area contributed by atoms with E-state index < -0.39 is 11.7 Å². The highest BCUT2D eigenvalue weighted by Gasteiger charge is 2.26. The summed E-state index contributed by atoms with van der Waals surface area (Å²) in [6.07, 6.45) is 1.56. The standard InChI is InChI=1S/C19H16ClFN4O3S/c1-4-7-28-19-25-24-18(29-19)16-14(17(22)26)10(8-9(2)23-16)13-12(27-3)6-5-11(20)15(13)21/h4-6,8H,1,7H2,2-3H3,(H2,22,26). The van der Waals surface area contributed by atoms with Crippen LogP contribution in [-0.4, -0.2) is 34.8 Å². The zero-order valence-electron chi connectivity index (χ0n) is 15.5. The molecule has 3 rings (SSSR count). The second-order valence-corrected chi connectivity index (χ2v) is 7.16. The topological polar surface area (TPSA) is 100 Å². The van der Waals surface area contributed by atoms with Crippen LogP contribution in [0.2, 0.25) is 5.02 Å². The van der Waals surface area contributed by atoms with Crippen LogP contribution in [0.4, 0.5) is 4.39 Å². The highest BCUT2D eigenvalue weighted by Crippen LogP contribution is 2.41. The number of nitrogens with zero attached hydrogens (tertiary/aromatic N) is 3. The van der Waals surface area contributed by atoms with Crippen molar-refractivity contribution in [2.75, 3.05) is 13.7 Å². The van der Waals surface area contributed by atoms with Gasteiger partial charge in [-0.3, -0.25) is 4.79 Å². The van der Waals surface area contributed by atoms with Gasteiger partial charge in [-0.2, -0.15) is 0 Å². The number of aryl methyl sites for hydroxylation is 1. The van der Waals surface area contributed by atoms with E-state index in [0.29, 0.717) is 10.7 Å². The van der Waals surface area contributed by atoms with Crippen LogP contribution in [0.1, 0.15) is 16.1 Å². The molecule has 0 radical (unpaired) electrons. The predicted octanol–water partition coefficient (Wildman–Crippen LogP) is 4.04. The van der Waals surface area contributed by atoms with Crippen molar-refractivity contribution in [3.05, 3.63) is 53.0 Å². The van der Waals surface area contributed by atoms with Gasteiger partial charge < -0.3 is 15.2 Å². The van der Waals surface area contributed by atoms with Crippen LogP contribution < -0.4 is 15.2 Å². The first-order chi connectivity index (χ1) is 13.9. The summed E-state index contributed by atoms with van der Waals surface area (Å²) in [6.45, 7) is 5.51. The van der Waals surface area contributed by atoms with Gasteiger partial charge in [0, 0.05) is 11.3 Å². The van der Waals surface area contributed by atoms with Gasteiger partial charge in [-0.05, 0) is 25.1 Å². The number of ether oxygens (including phenoxy) is 2. The molecule has 0 saturated carbocycles. The van der Waals surface area contributed by atoms with Crippen LogP contribution in [-0.2, 0) is 0 Å². The SMILES string of the molecule is C=CCOc1nnc(-c2nc(C)cc(-c3c(OC)ccc(Cl)c3F)c2C(N)=O)s1. The molecule has 0 spiro atoms. The Morgan fingerprint density at radius 1 is 1.41 bits per heavy atom. The van der Waals surface area contributed by atoms with E-state index in [9.17, 15) is 9.18 Å². The molecule has 0 unspecified atom stereocenters. The van der Waals surface area contributed by atoms with Crippen molar-refractivity contribution in [3.63, 3.8) is 0 Å². The zero-order valence-corrected chi connectivity index (χ0v) is 17.1. The minimum Gasteiger partial charge on any atom is -0.496 e. The molecule has 1 aromatic carbocycles. The molecule has 2 N–H and O–H groups in total. The highest BCUT2D eigenvalue weighted by atomic mass is 35.5. The number of methoxy groups -OCH3 is 1. The monoisotopic (exact) mass is 434 g/mol. The molecular weight excluding hydrogens is 419 g/mol. The van der Waals surface area contributed by atoms with Crippen LogP contribution in [0.5, 0.6) is 10.9 Å². The second kappa shape index (κ2) is 8.54. The molecule has 0 aliphatic rings. The molecule has 0 bridgehead atoms. The third-order valence-corrected chi connectivity index (χ3v) is 5.01. The molecule has 2 aromatic heterocycles. The summed E-state index contributed by atoms with van der Waals surface area (Å²) in [5, 5.41) is 8.39. The number of rotatable bonds is 7. The first-order valence-corrected chi connectivity index (χ1v) is 9.48. The molecule has 3 aromatic rings. The lowest BCUT2D eigenvalue weighted by molar-refractivity contribution is 0.100. The molecule has 0 aliphatic heterocycles. The van der Waals surface area contributed by atoms with E-state index in [0.717, 1.165) is 11.3 Å². The Kier molecular flexibility index (Phi) is 6.09. The minimum atomic E-state index is -0.812. The quantitative estimate of drug-likeness (QED) is 0.563. The number of halogens is 2. The molecule has 2 heterocycles. The lowest BCUT2D eigenvalue weighted by atomic mass is 9.96. The number of primary amides is 1. The summed E-state index contributed by atoms with van der Waals surface area (Å²) in [7, 11) is 1.39. The summed E-state index contributed by atoms with van der Waals surface area (Å²) in [6, 6.07) is 4.41. The number of benzene rings is 1. The maximum absolute atomic E-state index is 14.9. The van der Waals surface area contributed by atoms with Crippen LogP contribution in [0.15, 0.2) is 30.9 Å². The number of aromatic nitrogens is 3. The predicted molar refractivity (Wildman–Crippen MR) is 109 cm³/mol.